The summed E-state index contributed by atoms with van der Waals surface area (Å²) in [6, 6.07) is 6.89. The van der Waals surface area contributed by atoms with Crippen LogP contribution in [0.1, 0.15) is 38.3 Å². The number of aromatic nitrogens is 1. The van der Waals surface area contributed by atoms with Crippen LogP contribution >= 0.6 is 0 Å². The van der Waals surface area contributed by atoms with Gasteiger partial charge in [-0.05, 0) is 56.0 Å². The van der Waals surface area contributed by atoms with Crippen LogP contribution in [0.2, 0.25) is 0 Å². The van der Waals surface area contributed by atoms with Crippen molar-refractivity contribution in [1.82, 2.24) is 14.8 Å². The molecule has 4 nitrogen and oxygen atoms in total. The first kappa shape index (κ1) is 17.3. The Kier molecular flexibility index (Phi) is 4.62. The number of fused-ring (bicyclic) bond motifs is 2. The minimum absolute atomic E-state index is 0.0385. The predicted molar refractivity (Wildman–Crippen MR) is 107 cm³/mol. The van der Waals surface area contributed by atoms with Crippen molar-refractivity contribution in [1.29, 1.82) is 0 Å². The maximum absolute atomic E-state index is 13.1. The van der Waals surface area contributed by atoms with Crippen LogP contribution in [0.25, 0.3) is 16.5 Å². The normalized spacial score (nSPS) is 22.2. The van der Waals surface area contributed by atoms with Gasteiger partial charge >= 0.3 is 0 Å². The number of H-pyrrole nitrogens is 1. The second kappa shape index (κ2) is 6.92. The molecule has 2 aliphatic rings. The van der Waals surface area contributed by atoms with E-state index in [0.29, 0.717) is 6.04 Å². The molecular formula is C22H29N3O. The third kappa shape index (κ3) is 2.67. The lowest BCUT2D eigenvalue weighted by molar-refractivity contribution is -0.134. The quantitative estimate of drug-likeness (QED) is 0.892. The van der Waals surface area contributed by atoms with Crippen LogP contribution in [0.3, 0.4) is 0 Å². The van der Waals surface area contributed by atoms with E-state index in [1.54, 1.807) is 0 Å². The fourth-order valence-electron chi connectivity index (χ4n) is 4.78. The molecule has 2 aromatic rings. The van der Waals surface area contributed by atoms with Crippen molar-refractivity contribution in [2.45, 2.75) is 39.7 Å². The standard InChI is InChI=1S/C22H29N3O/c1-4-10-25-14-16(22(26)24(5-2)6-3)11-18-17-8-7-9-19-21(17)15(13-23-19)12-20(18)25/h7-9,11,13,16,20,23H,4-6,10,12,14H2,1-3H3/t16-,20?/m1/s1. The molecule has 1 aliphatic carbocycles. The van der Waals surface area contributed by atoms with Gasteiger partial charge in [-0.3, -0.25) is 9.69 Å². The van der Waals surface area contributed by atoms with Crippen molar-refractivity contribution in [3.8, 4) is 0 Å². The highest BCUT2D eigenvalue weighted by Crippen LogP contribution is 2.41. The zero-order valence-corrected chi connectivity index (χ0v) is 16.1. The number of benzene rings is 1. The summed E-state index contributed by atoms with van der Waals surface area (Å²) in [5, 5.41) is 1.35. The fraction of sp³-hybridized carbons (Fsp3) is 0.500. The average molecular weight is 351 g/mol. The summed E-state index contributed by atoms with van der Waals surface area (Å²) in [6.45, 7) is 9.81. The molecule has 1 amide bonds. The van der Waals surface area contributed by atoms with Crippen molar-refractivity contribution in [2.75, 3.05) is 26.2 Å². The number of carbonyl (C=O) groups is 1. The fourth-order valence-corrected chi connectivity index (χ4v) is 4.78. The van der Waals surface area contributed by atoms with Gasteiger partial charge in [0.2, 0.25) is 5.91 Å². The molecule has 1 unspecified atom stereocenters. The van der Waals surface area contributed by atoms with E-state index >= 15 is 0 Å². The third-order valence-electron chi connectivity index (χ3n) is 6.03. The molecule has 0 fully saturated rings. The van der Waals surface area contributed by atoms with Crippen LogP contribution in [0.4, 0.5) is 0 Å². The van der Waals surface area contributed by atoms with E-state index in [4.69, 9.17) is 0 Å². The van der Waals surface area contributed by atoms with Gasteiger partial charge in [0.1, 0.15) is 0 Å². The molecule has 4 rings (SSSR count). The number of nitrogens with one attached hydrogen (secondary N) is 1. The minimum Gasteiger partial charge on any atom is -0.361 e. The molecule has 138 valence electrons. The number of rotatable bonds is 5. The Bertz CT molecular complexity index is 846. The molecule has 4 heteroatoms. The van der Waals surface area contributed by atoms with Gasteiger partial charge in [-0.15, -0.1) is 0 Å². The van der Waals surface area contributed by atoms with E-state index in [1.807, 2.05) is 4.90 Å². The molecule has 1 aromatic carbocycles. The van der Waals surface area contributed by atoms with Crippen LogP contribution < -0.4 is 0 Å². The number of nitrogens with zero attached hydrogens (tertiary/aromatic N) is 2. The van der Waals surface area contributed by atoms with Crippen LogP contribution in [0.15, 0.2) is 30.5 Å². The summed E-state index contributed by atoms with van der Waals surface area (Å²) < 4.78 is 0. The SMILES string of the molecule is CCCN1C[C@H](C(=O)N(CC)CC)C=C2c3cccc4[nH]cc(c34)CC21. The average Bonchev–Trinajstić information content (AvgIpc) is 3.08. The topological polar surface area (TPSA) is 39.3 Å². The van der Waals surface area contributed by atoms with E-state index in [0.717, 1.165) is 39.0 Å². The Hall–Kier alpha value is -2.07. The Morgan fingerprint density at radius 3 is 2.81 bits per heavy atom. The van der Waals surface area contributed by atoms with E-state index in [-0.39, 0.29) is 11.8 Å². The van der Waals surface area contributed by atoms with Gasteiger partial charge in [-0.2, -0.15) is 0 Å². The molecule has 0 bridgehead atoms. The molecule has 1 N–H and O–H groups in total. The maximum atomic E-state index is 13.1. The summed E-state index contributed by atoms with van der Waals surface area (Å²) >= 11 is 0. The van der Waals surface area contributed by atoms with Crippen LogP contribution in [0, 0.1) is 5.92 Å². The van der Waals surface area contributed by atoms with Gasteiger partial charge in [0.15, 0.2) is 0 Å². The van der Waals surface area contributed by atoms with E-state index < -0.39 is 0 Å². The van der Waals surface area contributed by atoms with Crippen LogP contribution in [-0.2, 0) is 11.2 Å². The number of carbonyl (C=O) groups excluding carboxylic acids is 1. The zero-order valence-electron chi connectivity index (χ0n) is 16.1. The Balaban J connectivity index is 1.80. The summed E-state index contributed by atoms with van der Waals surface area (Å²) in [5.74, 6) is 0.234. The molecule has 0 spiro atoms. The Morgan fingerprint density at radius 1 is 1.27 bits per heavy atom. The molecule has 26 heavy (non-hydrogen) atoms. The lowest BCUT2D eigenvalue weighted by atomic mass is 9.79. The smallest absolute Gasteiger partial charge is 0.230 e. The van der Waals surface area contributed by atoms with Gasteiger partial charge in [-0.25, -0.2) is 0 Å². The number of hydrogen-bond acceptors (Lipinski definition) is 2. The Morgan fingerprint density at radius 2 is 2.08 bits per heavy atom. The van der Waals surface area contributed by atoms with Crippen molar-refractivity contribution in [2.24, 2.45) is 5.92 Å². The van der Waals surface area contributed by atoms with E-state index in [9.17, 15) is 4.79 Å². The van der Waals surface area contributed by atoms with Gasteiger partial charge < -0.3 is 9.88 Å². The monoisotopic (exact) mass is 351 g/mol. The highest BCUT2D eigenvalue weighted by Gasteiger charge is 2.37. The molecule has 0 saturated heterocycles. The van der Waals surface area contributed by atoms with Crippen LogP contribution in [-0.4, -0.2) is 52.9 Å². The van der Waals surface area contributed by atoms with Crippen molar-refractivity contribution < 1.29 is 4.79 Å². The molecule has 1 aromatic heterocycles. The zero-order chi connectivity index (χ0) is 18.3. The third-order valence-corrected chi connectivity index (χ3v) is 6.03. The summed E-state index contributed by atoms with van der Waals surface area (Å²) in [6.07, 6.45) is 6.60. The number of hydrogen-bond donors (Lipinski definition) is 1. The number of amides is 1. The predicted octanol–water partition coefficient (Wildman–Crippen LogP) is 3.69. The summed E-state index contributed by atoms with van der Waals surface area (Å²) in [7, 11) is 0. The molecule has 2 heterocycles. The maximum Gasteiger partial charge on any atom is 0.230 e. The highest BCUT2D eigenvalue weighted by atomic mass is 16.2. The van der Waals surface area contributed by atoms with Gasteiger partial charge in [0.25, 0.3) is 0 Å². The summed E-state index contributed by atoms with van der Waals surface area (Å²) in [5.41, 5.74) is 5.28. The first-order valence-corrected chi connectivity index (χ1v) is 10.0. The minimum atomic E-state index is -0.0385. The largest absolute Gasteiger partial charge is 0.361 e. The number of aromatic amines is 1. The van der Waals surface area contributed by atoms with Crippen LogP contribution in [0.5, 0.6) is 0 Å². The molecule has 0 radical (unpaired) electrons. The lowest BCUT2D eigenvalue weighted by Gasteiger charge is -2.42. The second-order valence-corrected chi connectivity index (χ2v) is 7.50. The van der Waals surface area contributed by atoms with Crippen molar-refractivity contribution >= 4 is 22.4 Å². The highest BCUT2D eigenvalue weighted by molar-refractivity contribution is 5.99. The van der Waals surface area contributed by atoms with E-state index in [1.165, 1.54) is 27.6 Å². The first-order chi connectivity index (χ1) is 12.7. The molecule has 0 saturated carbocycles. The van der Waals surface area contributed by atoms with Gasteiger partial charge in [-0.1, -0.05) is 25.1 Å². The van der Waals surface area contributed by atoms with Crippen molar-refractivity contribution in [3.05, 3.63) is 41.6 Å². The molecular weight excluding hydrogens is 322 g/mol. The Labute approximate surface area is 155 Å². The lowest BCUT2D eigenvalue weighted by Crippen LogP contribution is -2.49. The van der Waals surface area contributed by atoms with Crippen molar-refractivity contribution in [3.63, 3.8) is 0 Å². The van der Waals surface area contributed by atoms with E-state index in [2.05, 4.69) is 61.1 Å². The second-order valence-electron chi connectivity index (χ2n) is 7.50. The van der Waals surface area contributed by atoms with Gasteiger partial charge in [0.05, 0.1) is 5.92 Å². The summed E-state index contributed by atoms with van der Waals surface area (Å²) in [4.78, 5) is 21.0. The first-order valence-electron chi connectivity index (χ1n) is 10.0. The molecule has 1 aliphatic heterocycles. The van der Waals surface area contributed by atoms with Gasteiger partial charge in [0, 0.05) is 42.8 Å². The molecule has 2 atom stereocenters.